The summed E-state index contributed by atoms with van der Waals surface area (Å²) in [5.74, 6) is 0. The Balaban J connectivity index is 2.86. The zero-order chi connectivity index (χ0) is 6.69. The van der Waals surface area contributed by atoms with Gasteiger partial charge in [-0.3, -0.25) is 0 Å². The van der Waals surface area contributed by atoms with Crippen molar-refractivity contribution in [1.29, 1.82) is 0 Å². The fourth-order valence-electron chi connectivity index (χ4n) is 0.479. The number of nitroso groups, excluding NO2 is 1. The van der Waals surface area contributed by atoms with Crippen LogP contribution in [-0.4, -0.2) is 14.8 Å². The van der Waals surface area contributed by atoms with Gasteiger partial charge in [-0.05, 0) is 0 Å². The molecule has 0 aromatic carbocycles. The third-order valence-electron chi connectivity index (χ3n) is 0.879. The monoisotopic (exact) mass is 127 g/mol. The molecule has 48 valence electrons. The lowest BCUT2D eigenvalue weighted by atomic mass is 10.5. The molecule has 0 fully saturated rings. The fraction of sp³-hybridized carbons (Fsp3) is 0.250. The zero-order valence-electron chi connectivity index (χ0n) is 4.56. The summed E-state index contributed by atoms with van der Waals surface area (Å²) >= 11 is 0. The number of hydrogen-bond donors (Lipinski definition) is 1. The Labute approximate surface area is 50.9 Å². The summed E-state index contributed by atoms with van der Waals surface area (Å²) in [6.45, 7) is -0.164. The topological polar surface area (TPSA) is 67.5 Å². The Hall–Kier alpha value is -1.23. The van der Waals surface area contributed by atoms with Gasteiger partial charge in [0.25, 0.3) is 0 Å². The smallest absolute Gasteiger partial charge is 0.120 e. The van der Waals surface area contributed by atoms with Crippen molar-refractivity contribution in [2.45, 2.75) is 6.61 Å². The molecule has 1 N–H and O–H groups in total. The Bertz CT molecular complexity index is 207. The molecule has 5 nitrogen and oxygen atoms in total. The number of rotatable bonds is 2. The molecule has 0 aliphatic carbocycles. The molecule has 1 aromatic rings. The van der Waals surface area contributed by atoms with E-state index in [0.29, 0.717) is 5.69 Å². The summed E-state index contributed by atoms with van der Waals surface area (Å²) in [6, 6.07) is 0. The van der Waals surface area contributed by atoms with Crippen LogP contribution in [0.2, 0.25) is 0 Å². The minimum atomic E-state index is -0.164. The first-order valence-corrected chi connectivity index (χ1v) is 2.34. The van der Waals surface area contributed by atoms with E-state index in [0.717, 1.165) is 4.68 Å². The molecule has 0 aliphatic heterocycles. The average molecular weight is 127 g/mol. The fourth-order valence-corrected chi connectivity index (χ4v) is 0.479. The van der Waals surface area contributed by atoms with Crippen LogP contribution >= 0.6 is 0 Å². The van der Waals surface area contributed by atoms with Crippen LogP contribution in [0.25, 0.3) is 0 Å². The van der Waals surface area contributed by atoms with Crippen LogP contribution < -0.4 is 0 Å². The van der Waals surface area contributed by atoms with E-state index < -0.39 is 0 Å². The molecule has 0 radical (unpaired) electrons. The van der Waals surface area contributed by atoms with E-state index in [9.17, 15) is 4.91 Å². The Morgan fingerprint density at radius 3 is 3.00 bits per heavy atom. The first-order chi connectivity index (χ1) is 4.36. The van der Waals surface area contributed by atoms with E-state index in [1.165, 1.54) is 12.5 Å². The van der Waals surface area contributed by atoms with Crippen molar-refractivity contribution in [3.63, 3.8) is 0 Å². The van der Waals surface area contributed by atoms with Crippen molar-refractivity contribution in [2.75, 3.05) is 0 Å². The second-order valence-electron chi connectivity index (χ2n) is 1.48. The highest BCUT2D eigenvalue weighted by Gasteiger charge is 1.93. The molecule has 0 aliphatic rings. The third-order valence-corrected chi connectivity index (χ3v) is 0.879. The van der Waals surface area contributed by atoms with Gasteiger partial charge in [0, 0.05) is 0 Å². The van der Waals surface area contributed by atoms with E-state index in [4.69, 9.17) is 5.11 Å². The zero-order valence-corrected chi connectivity index (χ0v) is 4.56. The maximum Gasteiger partial charge on any atom is 0.120 e. The second kappa shape index (κ2) is 2.36. The first-order valence-electron chi connectivity index (χ1n) is 2.34. The lowest BCUT2D eigenvalue weighted by molar-refractivity contribution is 0.277. The summed E-state index contributed by atoms with van der Waals surface area (Å²) < 4.78 is 0.992. The molecule has 0 amide bonds. The number of hydrogen-bond acceptors (Lipinski definition) is 4. The lowest BCUT2D eigenvalue weighted by Gasteiger charge is -1.79. The molecule has 5 heteroatoms. The Morgan fingerprint density at radius 2 is 2.67 bits per heavy atom. The quantitative estimate of drug-likeness (QED) is 0.564. The largest absolute Gasteiger partial charge is 0.390 e. The van der Waals surface area contributed by atoms with Crippen molar-refractivity contribution < 1.29 is 5.11 Å². The highest BCUT2D eigenvalue weighted by molar-refractivity contribution is 4.93. The standard InChI is InChI=1S/C4H5N3O2/c8-2-4-1-7(6-9)3-5-4/h1,3,8H,2H2. The van der Waals surface area contributed by atoms with Gasteiger partial charge in [-0.1, -0.05) is 0 Å². The van der Waals surface area contributed by atoms with E-state index >= 15 is 0 Å². The summed E-state index contributed by atoms with van der Waals surface area (Å²) in [5.41, 5.74) is 0.439. The van der Waals surface area contributed by atoms with Crippen LogP contribution in [0.4, 0.5) is 0 Å². The minimum Gasteiger partial charge on any atom is -0.390 e. The van der Waals surface area contributed by atoms with E-state index in [-0.39, 0.29) is 6.61 Å². The Kier molecular flexibility index (Phi) is 1.55. The van der Waals surface area contributed by atoms with Gasteiger partial charge in [0.15, 0.2) is 0 Å². The number of aliphatic hydroxyl groups is 1. The maximum atomic E-state index is 9.73. The third kappa shape index (κ3) is 1.11. The highest BCUT2D eigenvalue weighted by Crippen LogP contribution is 1.93. The molecule has 0 saturated carbocycles. The van der Waals surface area contributed by atoms with Gasteiger partial charge in [-0.25, -0.2) is 4.98 Å². The van der Waals surface area contributed by atoms with Crippen LogP contribution in [0.3, 0.4) is 0 Å². The van der Waals surface area contributed by atoms with Crippen molar-refractivity contribution in [1.82, 2.24) is 9.66 Å². The van der Waals surface area contributed by atoms with Gasteiger partial charge in [-0.15, -0.1) is 4.91 Å². The van der Waals surface area contributed by atoms with E-state index in [1.807, 2.05) is 0 Å². The minimum absolute atomic E-state index is 0.164. The molecule has 1 aromatic heterocycles. The molecule has 0 bridgehead atoms. The van der Waals surface area contributed by atoms with Gasteiger partial charge >= 0.3 is 0 Å². The highest BCUT2D eigenvalue weighted by atomic mass is 16.3. The number of imidazole rings is 1. The molecular formula is C4H5N3O2. The van der Waals surface area contributed by atoms with Gasteiger partial charge in [0.2, 0.25) is 0 Å². The molecule has 0 spiro atoms. The maximum absolute atomic E-state index is 9.73. The second-order valence-corrected chi connectivity index (χ2v) is 1.48. The number of aliphatic hydroxyl groups excluding tert-OH is 1. The summed E-state index contributed by atoms with van der Waals surface area (Å²) in [7, 11) is 0. The van der Waals surface area contributed by atoms with E-state index in [2.05, 4.69) is 10.3 Å². The summed E-state index contributed by atoms with van der Waals surface area (Å²) in [6.07, 6.45) is 2.59. The lowest BCUT2D eigenvalue weighted by Crippen LogP contribution is -1.80. The van der Waals surface area contributed by atoms with Crippen LogP contribution in [0.5, 0.6) is 0 Å². The van der Waals surface area contributed by atoms with Gasteiger partial charge in [0.1, 0.15) is 6.33 Å². The molecule has 0 saturated heterocycles. The van der Waals surface area contributed by atoms with E-state index in [1.54, 1.807) is 0 Å². The van der Waals surface area contributed by atoms with Crippen LogP contribution in [0.1, 0.15) is 5.69 Å². The predicted octanol–water partition coefficient (Wildman–Crippen LogP) is -0.0951. The van der Waals surface area contributed by atoms with Crippen molar-refractivity contribution in [2.24, 2.45) is 5.29 Å². The average Bonchev–Trinajstić information content (AvgIpc) is 2.34. The molecular weight excluding hydrogens is 122 g/mol. The number of aromatic nitrogens is 2. The molecule has 1 rings (SSSR count). The molecule has 1 heterocycles. The van der Waals surface area contributed by atoms with Crippen LogP contribution in [0, 0.1) is 4.91 Å². The van der Waals surface area contributed by atoms with Gasteiger partial charge in [-0.2, -0.15) is 4.68 Å². The summed E-state index contributed by atoms with van der Waals surface area (Å²) in [5, 5.41) is 11.0. The molecule has 0 atom stereocenters. The molecule has 9 heavy (non-hydrogen) atoms. The SMILES string of the molecule is O=Nn1cnc(CO)c1. The predicted molar refractivity (Wildman–Crippen MR) is 29.3 cm³/mol. The van der Waals surface area contributed by atoms with Gasteiger partial charge < -0.3 is 5.11 Å². The number of nitrogens with zero attached hydrogens (tertiary/aromatic N) is 3. The van der Waals surface area contributed by atoms with Gasteiger partial charge in [0.05, 0.1) is 23.8 Å². The normalized spacial score (nSPS) is 9.44. The summed E-state index contributed by atoms with van der Waals surface area (Å²) in [4.78, 5) is 13.4. The van der Waals surface area contributed by atoms with Crippen LogP contribution in [-0.2, 0) is 6.61 Å². The first kappa shape index (κ1) is 5.90. The van der Waals surface area contributed by atoms with Crippen molar-refractivity contribution >= 4 is 0 Å². The Morgan fingerprint density at radius 1 is 1.89 bits per heavy atom. The van der Waals surface area contributed by atoms with Crippen LogP contribution in [0.15, 0.2) is 17.8 Å². The van der Waals surface area contributed by atoms with Crippen molar-refractivity contribution in [3.8, 4) is 0 Å². The molecule has 0 unspecified atom stereocenters. The van der Waals surface area contributed by atoms with Crippen molar-refractivity contribution in [3.05, 3.63) is 23.1 Å².